The number of carboxylic acids is 1. The molecule has 0 aromatic rings. The lowest BCUT2D eigenvalue weighted by molar-refractivity contribution is -0.142. The van der Waals surface area contributed by atoms with Gasteiger partial charge in [-0.05, 0) is 46.0 Å². The van der Waals surface area contributed by atoms with Crippen molar-refractivity contribution in [2.24, 2.45) is 11.8 Å². The highest BCUT2D eigenvalue weighted by atomic mass is 16.4. The van der Waals surface area contributed by atoms with Gasteiger partial charge in [-0.25, -0.2) is 0 Å². The van der Waals surface area contributed by atoms with Gasteiger partial charge in [0.05, 0.1) is 5.92 Å². The van der Waals surface area contributed by atoms with E-state index < -0.39 is 13.1 Å². The van der Waals surface area contributed by atoms with Crippen LogP contribution in [0.4, 0.5) is 0 Å². The fraction of sp³-hybridized carbons (Fsp3) is 0.929. The molecule has 0 spiro atoms. The molecule has 0 heterocycles. The molecular weight excluding hydrogens is 257 g/mol. The molecule has 0 radical (unpaired) electrons. The summed E-state index contributed by atoms with van der Waals surface area (Å²) < 4.78 is 0. The summed E-state index contributed by atoms with van der Waals surface area (Å²) in [5.41, 5.74) is 0. The van der Waals surface area contributed by atoms with Crippen molar-refractivity contribution in [2.75, 3.05) is 13.6 Å². The van der Waals surface area contributed by atoms with Crippen molar-refractivity contribution in [1.29, 1.82) is 0 Å². The van der Waals surface area contributed by atoms with Gasteiger partial charge in [0.1, 0.15) is 0 Å². The molecule has 20 heavy (non-hydrogen) atoms. The van der Waals surface area contributed by atoms with Crippen LogP contribution in [0, 0.1) is 11.8 Å². The Balaban J connectivity index is 4.27. The molecule has 118 valence electrons. The molecule has 0 bridgehead atoms. The van der Waals surface area contributed by atoms with Crippen molar-refractivity contribution in [3.63, 3.8) is 0 Å². The minimum Gasteiger partial charge on any atom is -0.481 e. The topological polar surface area (TPSA) is 81.0 Å². The van der Waals surface area contributed by atoms with Crippen LogP contribution in [-0.4, -0.2) is 52.8 Å². The molecule has 0 amide bonds. The predicted octanol–water partition coefficient (Wildman–Crippen LogP) is 1.70. The molecule has 5 nitrogen and oxygen atoms in total. The van der Waals surface area contributed by atoms with E-state index in [1.807, 2.05) is 7.05 Å². The van der Waals surface area contributed by atoms with Crippen LogP contribution in [0.5, 0.6) is 0 Å². The summed E-state index contributed by atoms with van der Waals surface area (Å²) in [6.07, 6.45) is 3.51. The van der Waals surface area contributed by atoms with E-state index in [2.05, 4.69) is 25.7 Å². The van der Waals surface area contributed by atoms with Gasteiger partial charge in [0.2, 0.25) is 0 Å². The van der Waals surface area contributed by atoms with Crippen molar-refractivity contribution >= 4 is 13.1 Å². The van der Waals surface area contributed by atoms with Crippen LogP contribution in [0.1, 0.15) is 46.5 Å². The number of carboxylic acid groups (broad SMARTS) is 1. The van der Waals surface area contributed by atoms with E-state index in [1.54, 1.807) is 0 Å². The summed E-state index contributed by atoms with van der Waals surface area (Å²) >= 11 is 0. The highest BCUT2D eigenvalue weighted by Crippen LogP contribution is 2.22. The lowest BCUT2D eigenvalue weighted by Crippen LogP contribution is -2.35. The van der Waals surface area contributed by atoms with E-state index in [4.69, 9.17) is 10.0 Å². The number of hydrogen-bond donors (Lipinski definition) is 3. The summed E-state index contributed by atoms with van der Waals surface area (Å²) in [6, 6.07) is 0.336. The lowest BCUT2D eigenvalue weighted by Gasteiger charge is -2.25. The summed E-state index contributed by atoms with van der Waals surface area (Å²) in [6.45, 7) is 6.73. The molecule has 0 fully saturated rings. The van der Waals surface area contributed by atoms with Crippen molar-refractivity contribution in [1.82, 2.24) is 4.90 Å². The first-order valence-electron chi connectivity index (χ1n) is 7.57. The zero-order chi connectivity index (χ0) is 15.7. The Morgan fingerprint density at radius 3 is 2.20 bits per heavy atom. The summed E-state index contributed by atoms with van der Waals surface area (Å²) in [5.74, 6) is -0.729. The van der Waals surface area contributed by atoms with E-state index in [0.29, 0.717) is 31.2 Å². The molecule has 0 aliphatic carbocycles. The third-order valence-corrected chi connectivity index (χ3v) is 4.07. The minimum atomic E-state index is -1.26. The molecular formula is C14H30BNO4. The molecule has 0 aromatic heterocycles. The average molecular weight is 287 g/mol. The van der Waals surface area contributed by atoms with Crippen LogP contribution in [0.3, 0.4) is 0 Å². The molecule has 0 aliphatic rings. The van der Waals surface area contributed by atoms with Crippen LogP contribution in [0.15, 0.2) is 0 Å². The van der Waals surface area contributed by atoms with Crippen LogP contribution >= 0.6 is 0 Å². The smallest absolute Gasteiger partial charge is 0.451 e. The monoisotopic (exact) mass is 287 g/mol. The van der Waals surface area contributed by atoms with Gasteiger partial charge in [-0.2, -0.15) is 0 Å². The van der Waals surface area contributed by atoms with Crippen LogP contribution in [-0.2, 0) is 4.79 Å². The van der Waals surface area contributed by atoms with Gasteiger partial charge in [-0.3, -0.25) is 4.79 Å². The average Bonchev–Trinajstić information content (AvgIpc) is 2.36. The van der Waals surface area contributed by atoms with Gasteiger partial charge in [0.15, 0.2) is 0 Å². The summed E-state index contributed by atoms with van der Waals surface area (Å²) in [5, 5.41) is 27.1. The van der Waals surface area contributed by atoms with E-state index in [0.717, 1.165) is 19.3 Å². The Morgan fingerprint density at radius 1 is 1.20 bits per heavy atom. The first kappa shape index (κ1) is 19.4. The normalized spacial score (nSPS) is 14.6. The maximum atomic E-state index is 11.3. The Morgan fingerprint density at radius 2 is 1.80 bits per heavy atom. The Hall–Kier alpha value is -0.585. The van der Waals surface area contributed by atoms with Gasteiger partial charge in [0.25, 0.3) is 0 Å². The fourth-order valence-electron chi connectivity index (χ4n) is 2.23. The zero-order valence-corrected chi connectivity index (χ0v) is 13.2. The van der Waals surface area contributed by atoms with Gasteiger partial charge in [-0.1, -0.05) is 19.8 Å². The van der Waals surface area contributed by atoms with Crippen molar-refractivity contribution < 1.29 is 19.9 Å². The molecule has 0 saturated carbocycles. The Labute approximate surface area is 123 Å². The van der Waals surface area contributed by atoms with Crippen molar-refractivity contribution in [2.45, 2.75) is 58.8 Å². The SMILES string of the molecule is CC[C@H](CCB(O)O)CC[C@@H](CN(C)C(C)C)C(=O)O. The maximum Gasteiger partial charge on any atom is 0.451 e. The zero-order valence-electron chi connectivity index (χ0n) is 13.2. The fourth-order valence-corrected chi connectivity index (χ4v) is 2.23. The third kappa shape index (κ3) is 8.56. The standard InChI is InChI=1S/C14H30BNO4/c1-5-12(8-9-15(19)20)6-7-13(14(17)18)10-16(4)11(2)3/h11-13,19-20H,5-10H2,1-4H3,(H,17,18)/t12-,13-/m0/s1. The molecule has 2 atom stereocenters. The van der Waals surface area contributed by atoms with E-state index in [9.17, 15) is 9.90 Å². The third-order valence-electron chi connectivity index (χ3n) is 4.07. The molecule has 0 unspecified atom stereocenters. The highest BCUT2D eigenvalue weighted by molar-refractivity contribution is 6.40. The van der Waals surface area contributed by atoms with Crippen LogP contribution in [0.2, 0.25) is 6.32 Å². The first-order valence-corrected chi connectivity index (χ1v) is 7.57. The van der Waals surface area contributed by atoms with Gasteiger partial charge in [0, 0.05) is 12.6 Å². The molecule has 3 N–H and O–H groups in total. The van der Waals surface area contributed by atoms with E-state index in [-0.39, 0.29) is 5.92 Å². The molecule has 0 aliphatic heterocycles. The first-order chi connectivity index (χ1) is 9.27. The Bertz CT molecular complexity index is 274. The van der Waals surface area contributed by atoms with Crippen molar-refractivity contribution in [3.05, 3.63) is 0 Å². The van der Waals surface area contributed by atoms with Crippen molar-refractivity contribution in [3.8, 4) is 0 Å². The number of carbonyl (C=O) groups is 1. The minimum absolute atomic E-state index is 0.336. The van der Waals surface area contributed by atoms with Gasteiger partial charge in [-0.15, -0.1) is 0 Å². The second-order valence-corrected chi connectivity index (χ2v) is 5.98. The van der Waals surface area contributed by atoms with Crippen LogP contribution < -0.4 is 0 Å². The highest BCUT2D eigenvalue weighted by Gasteiger charge is 2.22. The van der Waals surface area contributed by atoms with Crippen LogP contribution in [0.25, 0.3) is 0 Å². The molecule has 0 rings (SSSR count). The number of rotatable bonds is 11. The molecule has 0 saturated heterocycles. The molecule has 6 heteroatoms. The summed E-state index contributed by atoms with van der Waals surface area (Å²) in [7, 11) is 0.687. The second-order valence-electron chi connectivity index (χ2n) is 5.98. The number of hydrogen-bond acceptors (Lipinski definition) is 4. The lowest BCUT2D eigenvalue weighted by atomic mass is 9.78. The molecule has 0 aromatic carbocycles. The maximum absolute atomic E-state index is 11.3. The largest absolute Gasteiger partial charge is 0.481 e. The van der Waals surface area contributed by atoms with E-state index >= 15 is 0 Å². The van der Waals surface area contributed by atoms with Gasteiger partial charge >= 0.3 is 13.1 Å². The predicted molar refractivity (Wildman–Crippen MR) is 81.5 cm³/mol. The number of aliphatic carboxylic acids is 1. The van der Waals surface area contributed by atoms with E-state index in [1.165, 1.54) is 0 Å². The number of nitrogens with zero attached hydrogens (tertiary/aromatic N) is 1. The second kappa shape index (κ2) is 10.2. The summed E-state index contributed by atoms with van der Waals surface area (Å²) in [4.78, 5) is 13.4. The quantitative estimate of drug-likeness (QED) is 0.504. The Kier molecular flexibility index (Phi) is 9.89. The van der Waals surface area contributed by atoms with Gasteiger partial charge < -0.3 is 20.1 Å².